The lowest BCUT2D eigenvalue weighted by Crippen LogP contribution is -2.70. The molecule has 1 aromatic rings. The van der Waals surface area contributed by atoms with Gasteiger partial charge in [-0.3, -0.25) is 9.59 Å². The Bertz CT molecular complexity index is 809. The van der Waals surface area contributed by atoms with Crippen LogP contribution in [-0.2, 0) is 16.0 Å². The van der Waals surface area contributed by atoms with Crippen LogP contribution in [0.5, 0.6) is 0 Å². The highest BCUT2D eigenvalue weighted by atomic mass is 16.3. The van der Waals surface area contributed by atoms with Crippen LogP contribution < -0.4 is 22.5 Å². The molecule has 0 heterocycles. The van der Waals surface area contributed by atoms with Gasteiger partial charge in [0.1, 0.15) is 5.54 Å². The van der Waals surface area contributed by atoms with Gasteiger partial charge in [-0.05, 0) is 45.1 Å². The van der Waals surface area contributed by atoms with Gasteiger partial charge >= 0.3 is 6.03 Å². The van der Waals surface area contributed by atoms with Gasteiger partial charge < -0.3 is 32.5 Å². The summed E-state index contributed by atoms with van der Waals surface area (Å²) in [6, 6.07) is 8.66. The van der Waals surface area contributed by atoms with E-state index in [0.29, 0.717) is 18.0 Å². The second-order valence-electron chi connectivity index (χ2n) is 10.3. The zero-order valence-electron chi connectivity index (χ0n) is 20.6. The normalized spacial score (nSPS) is 15.4. The summed E-state index contributed by atoms with van der Waals surface area (Å²) in [4.78, 5) is 38.7. The van der Waals surface area contributed by atoms with Gasteiger partial charge in [-0.25, -0.2) is 4.79 Å². The first kappa shape index (κ1) is 28.4. The summed E-state index contributed by atoms with van der Waals surface area (Å²) in [6.07, 6.45) is 0.00907. The molecule has 0 fully saturated rings. The van der Waals surface area contributed by atoms with E-state index in [0.717, 1.165) is 6.42 Å². The van der Waals surface area contributed by atoms with Crippen molar-refractivity contribution in [3.05, 3.63) is 35.9 Å². The first-order valence-corrected chi connectivity index (χ1v) is 11.3. The van der Waals surface area contributed by atoms with Crippen molar-refractivity contribution in [3.8, 4) is 0 Å². The number of urea groups is 1. The van der Waals surface area contributed by atoms with Gasteiger partial charge in [0.05, 0.1) is 12.0 Å². The van der Waals surface area contributed by atoms with Crippen molar-refractivity contribution < 1.29 is 19.5 Å². The molecule has 2 unspecified atom stereocenters. The van der Waals surface area contributed by atoms with Crippen molar-refractivity contribution in [2.45, 2.75) is 77.0 Å². The number of primary amides is 2. The molecule has 33 heavy (non-hydrogen) atoms. The second kappa shape index (κ2) is 11.5. The molecule has 0 saturated carbocycles. The number of rotatable bonds is 12. The van der Waals surface area contributed by atoms with E-state index >= 15 is 0 Å². The van der Waals surface area contributed by atoms with Crippen LogP contribution in [0.2, 0.25) is 0 Å². The van der Waals surface area contributed by atoms with Crippen molar-refractivity contribution in [3.63, 3.8) is 0 Å². The van der Waals surface area contributed by atoms with Crippen LogP contribution in [0, 0.1) is 5.92 Å². The molecule has 9 heteroatoms. The summed E-state index contributed by atoms with van der Waals surface area (Å²) >= 11 is 0. The van der Waals surface area contributed by atoms with Crippen LogP contribution in [0.1, 0.15) is 59.4 Å². The molecule has 186 valence electrons. The summed E-state index contributed by atoms with van der Waals surface area (Å²) < 4.78 is 0. The predicted octanol–water partition coefficient (Wildman–Crippen LogP) is 1.26. The minimum atomic E-state index is -2.11. The van der Waals surface area contributed by atoms with Crippen LogP contribution in [0.15, 0.2) is 30.3 Å². The van der Waals surface area contributed by atoms with Crippen molar-refractivity contribution in [2.24, 2.45) is 23.1 Å². The lowest BCUT2D eigenvalue weighted by Gasteiger charge is -2.43. The molecule has 0 radical (unpaired) electrons. The Morgan fingerprint density at radius 1 is 1.06 bits per heavy atom. The van der Waals surface area contributed by atoms with Crippen molar-refractivity contribution in [1.29, 1.82) is 0 Å². The fraction of sp³-hybridized carbons (Fsp3) is 0.625. The average molecular weight is 464 g/mol. The van der Waals surface area contributed by atoms with Crippen LogP contribution in [0.3, 0.4) is 0 Å². The van der Waals surface area contributed by atoms with E-state index in [1.807, 2.05) is 26.8 Å². The maximum Gasteiger partial charge on any atom is 0.317 e. The fourth-order valence-corrected chi connectivity index (χ4v) is 3.61. The highest BCUT2D eigenvalue weighted by Gasteiger charge is 2.53. The van der Waals surface area contributed by atoms with E-state index in [4.69, 9.17) is 17.2 Å². The Morgan fingerprint density at radius 3 is 2.09 bits per heavy atom. The molecule has 0 bridgehead atoms. The number of nitrogens with one attached hydrogen (secondary N) is 1. The molecule has 0 aliphatic heterocycles. The number of benzene rings is 1. The third-order valence-corrected chi connectivity index (χ3v) is 5.60. The number of hydrogen-bond donors (Lipinski definition) is 5. The summed E-state index contributed by atoms with van der Waals surface area (Å²) in [5.74, 6) is -1.54. The summed E-state index contributed by atoms with van der Waals surface area (Å²) in [7, 11) is 0. The quantitative estimate of drug-likeness (QED) is 0.314. The van der Waals surface area contributed by atoms with Gasteiger partial charge in [0.2, 0.25) is 11.8 Å². The molecule has 2 atom stereocenters. The third kappa shape index (κ3) is 8.66. The zero-order valence-corrected chi connectivity index (χ0v) is 20.6. The summed E-state index contributed by atoms with van der Waals surface area (Å²) in [5.41, 5.74) is 13.5. The molecule has 1 rings (SSSR count). The van der Waals surface area contributed by atoms with E-state index in [2.05, 4.69) is 19.2 Å². The van der Waals surface area contributed by atoms with E-state index in [-0.39, 0.29) is 25.4 Å². The maximum absolute atomic E-state index is 12.9. The standard InChI is InChI=1S/C24H41N5O4/c1-17(2)11-13-29(21(32)28-22(3,4)5)14-12-23(33,15-18-9-7-6-8-10-18)24(27,20(26)31)16-19(25)30/h6-10,17,33H,11-16,27H2,1-5H3,(H2,25,30)(H2,26,31)(H,28,32). The maximum atomic E-state index is 12.9. The molecule has 4 amide bonds. The minimum absolute atomic E-state index is 0.0422. The SMILES string of the molecule is CC(C)CCN(CCC(O)(Cc1ccccc1)C(N)(CC(N)=O)C(N)=O)C(=O)NC(C)(C)C. The molecule has 0 aliphatic carbocycles. The number of nitrogens with zero attached hydrogens (tertiary/aromatic N) is 1. The minimum Gasteiger partial charge on any atom is -0.387 e. The molecule has 1 aromatic carbocycles. The number of carbonyl (C=O) groups excluding carboxylic acids is 3. The van der Waals surface area contributed by atoms with Crippen LogP contribution in [0.4, 0.5) is 4.79 Å². The first-order chi connectivity index (χ1) is 15.1. The monoisotopic (exact) mass is 463 g/mol. The Balaban J connectivity index is 3.31. The Kier molecular flexibility index (Phi) is 9.87. The predicted molar refractivity (Wildman–Crippen MR) is 129 cm³/mol. The molecule has 9 nitrogen and oxygen atoms in total. The van der Waals surface area contributed by atoms with Gasteiger partial charge in [-0.15, -0.1) is 0 Å². The van der Waals surface area contributed by atoms with Crippen LogP contribution in [-0.4, -0.2) is 57.6 Å². The summed E-state index contributed by atoms with van der Waals surface area (Å²) in [6.45, 7) is 10.3. The van der Waals surface area contributed by atoms with E-state index in [9.17, 15) is 19.5 Å². The molecular weight excluding hydrogens is 422 g/mol. The van der Waals surface area contributed by atoms with E-state index in [1.165, 1.54) is 0 Å². The zero-order chi connectivity index (χ0) is 25.4. The Hall–Kier alpha value is -2.65. The Labute approximate surface area is 197 Å². The molecule has 0 saturated heterocycles. The van der Waals surface area contributed by atoms with Crippen molar-refractivity contribution in [1.82, 2.24) is 10.2 Å². The number of carbonyl (C=O) groups is 3. The van der Waals surface area contributed by atoms with Crippen LogP contribution in [0.25, 0.3) is 0 Å². The smallest absolute Gasteiger partial charge is 0.317 e. The number of nitrogens with two attached hydrogens (primary N) is 3. The van der Waals surface area contributed by atoms with Gasteiger partial charge in [0.25, 0.3) is 0 Å². The average Bonchev–Trinajstić information content (AvgIpc) is 2.66. The van der Waals surface area contributed by atoms with Gasteiger partial charge in [0.15, 0.2) is 0 Å². The van der Waals surface area contributed by atoms with Crippen molar-refractivity contribution in [2.75, 3.05) is 13.1 Å². The van der Waals surface area contributed by atoms with E-state index < -0.39 is 34.9 Å². The first-order valence-electron chi connectivity index (χ1n) is 11.3. The number of aliphatic hydroxyl groups is 1. The molecule has 0 aliphatic rings. The van der Waals surface area contributed by atoms with Crippen LogP contribution >= 0.6 is 0 Å². The van der Waals surface area contributed by atoms with Gasteiger partial charge in [0, 0.05) is 25.0 Å². The Morgan fingerprint density at radius 2 is 1.64 bits per heavy atom. The second-order valence-corrected chi connectivity index (χ2v) is 10.3. The van der Waals surface area contributed by atoms with Gasteiger partial charge in [-0.1, -0.05) is 44.2 Å². The molecular formula is C24H41N5O4. The number of hydrogen-bond acceptors (Lipinski definition) is 5. The molecule has 8 N–H and O–H groups in total. The number of amides is 4. The largest absolute Gasteiger partial charge is 0.387 e. The fourth-order valence-electron chi connectivity index (χ4n) is 3.61. The van der Waals surface area contributed by atoms with Gasteiger partial charge in [-0.2, -0.15) is 0 Å². The lowest BCUT2D eigenvalue weighted by molar-refractivity contribution is -0.141. The molecule has 0 aromatic heterocycles. The van der Waals surface area contributed by atoms with E-state index in [1.54, 1.807) is 29.2 Å². The highest BCUT2D eigenvalue weighted by molar-refractivity contribution is 5.92. The highest BCUT2D eigenvalue weighted by Crippen LogP contribution is 2.31. The third-order valence-electron chi connectivity index (χ3n) is 5.60. The topological polar surface area (TPSA) is 165 Å². The van der Waals surface area contributed by atoms with Crippen molar-refractivity contribution >= 4 is 17.8 Å². The lowest BCUT2D eigenvalue weighted by atomic mass is 9.71. The summed E-state index contributed by atoms with van der Waals surface area (Å²) in [5, 5.41) is 14.7. The molecule has 0 spiro atoms.